The van der Waals surface area contributed by atoms with Gasteiger partial charge in [0, 0.05) is 11.5 Å². The predicted octanol–water partition coefficient (Wildman–Crippen LogP) is 3.08. The maximum absolute atomic E-state index is 11.2. The largest absolute Gasteiger partial charge is 0.463 e. The molecule has 0 aliphatic carbocycles. The van der Waals surface area contributed by atoms with Crippen molar-refractivity contribution in [1.82, 2.24) is 0 Å². The highest BCUT2D eigenvalue weighted by Gasteiger charge is 2.16. The molecule has 86 valence electrons. The van der Waals surface area contributed by atoms with Crippen LogP contribution in [-0.4, -0.2) is 12.6 Å². The van der Waals surface area contributed by atoms with Crippen molar-refractivity contribution in [2.24, 2.45) is 0 Å². The van der Waals surface area contributed by atoms with E-state index >= 15 is 0 Å². The Hall–Kier alpha value is -1.57. The van der Waals surface area contributed by atoms with E-state index in [1.165, 1.54) is 11.6 Å². The van der Waals surface area contributed by atoms with E-state index < -0.39 is 0 Å². The first-order valence-corrected chi connectivity index (χ1v) is 5.48. The van der Waals surface area contributed by atoms with Crippen LogP contribution in [0.5, 0.6) is 0 Å². The van der Waals surface area contributed by atoms with Crippen LogP contribution >= 0.6 is 0 Å². The molecule has 0 heterocycles. The average molecular weight is 218 g/mol. The minimum Gasteiger partial charge on any atom is -0.463 e. The minimum absolute atomic E-state index is 0.159. The molecule has 0 aromatic heterocycles. The third-order valence-corrected chi connectivity index (χ3v) is 2.44. The molecular weight excluding hydrogens is 200 g/mol. The highest BCUT2D eigenvalue weighted by atomic mass is 16.5. The van der Waals surface area contributed by atoms with Crippen molar-refractivity contribution in [1.29, 1.82) is 0 Å². The van der Waals surface area contributed by atoms with Crippen LogP contribution in [0.15, 0.2) is 42.5 Å². The number of carbonyl (C=O) groups excluding carboxylic acids is 1. The topological polar surface area (TPSA) is 26.3 Å². The Labute approximate surface area is 96.9 Å². The monoisotopic (exact) mass is 218 g/mol. The summed E-state index contributed by atoms with van der Waals surface area (Å²) in [6.45, 7) is 6.35. The molecule has 0 radical (unpaired) electrons. The Morgan fingerprint density at radius 3 is 2.50 bits per heavy atom. The smallest absolute Gasteiger partial charge is 0.330 e. The van der Waals surface area contributed by atoms with Crippen molar-refractivity contribution in [3.8, 4) is 0 Å². The molecule has 0 unspecified atom stereocenters. The zero-order valence-electron chi connectivity index (χ0n) is 10.1. The van der Waals surface area contributed by atoms with E-state index in [2.05, 4.69) is 26.0 Å². The van der Waals surface area contributed by atoms with E-state index in [0.717, 1.165) is 0 Å². The number of allylic oxidation sites excluding steroid dienone is 1. The van der Waals surface area contributed by atoms with E-state index in [1.807, 2.05) is 24.3 Å². The molecule has 0 bridgehead atoms. The Balaban J connectivity index is 2.76. The maximum Gasteiger partial charge on any atom is 0.330 e. The van der Waals surface area contributed by atoms with Gasteiger partial charge < -0.3 is 4.74 Å². The fourth-order valence-electron chi connectivity index (χ4n) is 1.43. The van der Waals surface area contributed by atoms with E-state index in [0.29, 0.717) is 6.61 Å². The van der Waals surface area contributed by atoms with Gasteiger partial charge in [-0.1, -0.05) is 50.3 Å². The molecule has 1 rings (SSSR count). The number of benzene rings is 1. The molecule has 2 heteroatoms. The van der Waals surface area contributed by atoms with E-state index in [-0.39, 0.29) is 11.4 Å². The van der Waals surface area contributed by atoms with Crippen molar-refractivity contribution < 1.29 is 9.53 Å². The van der Waals surface area contributed by atoms with Gasteiger partial charge in [0.15, 0.2) is 0 Å². The van der Waals surface area contributed by atoms with Crippen molar-refractivity contribution in [3.05, 3.63) is 48.0 Å². The summed E-state index contributed by atoms with van der Waals surface area (Å²) in [7, 11) is 0. The average Bonchev–Trinajstić information content (AvgIpc) is 2.28. The lowest BCUT2D eigenvalue weighted by Crippen LogP contribution is -2.14. The number of esters is 1. The third-order valence-electron chi connectivity index (χ3n) is 2.44. The normalized spacial score (nSPS) is 11.7. The molecular formula is C14H18O2. The molecule has 1 aromatic carbocycles. The lowest BCUT2D eigenvalue weighted by atomic mass is 9.84. The zero-order valence-corrected chi connectivity index (χ0v) is 10.1. The number of rotatable bonds is 4. The Bertz CT molecular complexity index is 364. The summed E-state index contributed by atoms with van der Waals surface area (Å²) in [6.07, 6.45) is 3.37. The lowest BCUT2D eigenvalue weighted by molar-refractivity contribution is -0.137. The van der Waals surface area contributed by atoms with E-state index in [4.69, 9.17) is 4.74 Å². The van der Waals surface area contributed by atoms with Gasteiger partial charge in [0.25, 0.3) is 0 Å². The standard InChI is InChI=1S/C14H18O2/c1-4-16-13(15)10-11-14(2,3)12-8-6-5-7-9-12/h5-11H,4H2,1-3H3/b11-10-. The minimum atomic E-state index is -0.286. The summed E-state index contributed by atoms with van der Waals surface area (Å²) < 4.78 is 4.85. The van der Waals surface area contributed by atoms with Gasteiger partial charge in [0.1, 0.15) is 0 Å². The predicted molar refractivity (Wildman–Crippen MR) is 65.2 cm³/mol. The molecule has 16 heavy (non-hydrogen) atoms. The first kappa shape index (κ1) is 12.5. The fraction of sp³-hybridized carbons (Fsp3) is 0.357. The molecule has 0 fully saturated rings. The summed E-state index contributed by atoms with van der Waals surface area (Å²) in [6, 6.07) is 10.1. The molecule has 0 saturated carbocycles. The Morgan fingerprint density at radius 2 is 1.94 bits per heavy atom. The Kier molecular flexibility index (Phi) is 4.29. The van der Waals surface area contributed by atoms with Crippen LogP contribution in [0.2, 0.25) is 0 Å². The van der Waals surface area contributed by atoms with Crippen LogP contribution in [0, 0.1) is 0 Å². The molecule has 1 aromatic rings. The summed E-state index contributed by atoms with van der Waals surface area (Å²) in [5.74, 6) is -0.286. The second kappa shape index (κ2) is 5.50. The highest BCUT2D eigenvalue weighted by molar-refractivity contribution is 5.82. The molecule has 0 spiro atoms. The second-order valence-electron chi connectivity index (χ2n) is 4.17. The summed E-state index contributed by atoms with van der Waals surface area (Å²) in [4.78, 5) is 11.2. The summed E-state index contributed by atoms with van der Waals surface area (Å²) in [5.41, 5.74) is 1.02. The first-order chi connectivity index (χ1) is 7.56. The van der Waals surface area contributed by atoms with Gasteiger partial charge in [0.05, 0.1) is 6.61 Å². The van der Waals surface area contributed by atoms with Crippen molar-refractivity contribution in [2.75, 3.05) is 6.61 Å². The van der Waals surface area contributed by atoms with Gasteiger partial charge in [0.2, 0.25) is 0 Å². The van der Waals surface area contributed by atoms with Gasteiger partial charge in [-0.2, -0.15) is 0 Å². The lowest BCUT2D eigenvalue weighted by Gasteiger charge is -2.20. The number of carbonyl (C=O) groups is 1. The number of ether oxygens (including phenoxy) is 1. The Morgan fingerprint density at radius 1 is 1.31 bits per heavy atom. The molecule has 0 amide bonds. The van der Waals surface area contributed by atoms with Crippen LogP contribution in [0.3, 0.4) is 0 Å². The van der Waals surface area contributed by atoms with Crippen LogP contribution in [0.4, 0.5) is 0 Å². The van der Waals surface area contributed by atoms with Gasteiger partial charge in [-0.15, -0.1) is 0 Å². The van der Waals surface area contributed by atoms with Crippen LogP contribution < -0.4 is 0 Å². The van der Waals surface area contributed by atoms with Crippen LogP contribution in [-0.2, 0) is 14.9 Å². The van der Waals surface area contributed by atoms with Crippen LogP contribution in [0.1, 0.15) is 26.3 Å². The van der Waals surface area contributed by atoms with Gasteiger partial charge in [-0.3, -0.25) is 0 Å². The molecule has 0 aliphatic rings. The number of hydrogen-bond donors (Lipinski definition) is 0. The van der Waals surface area contributed by atoms with Crippen LogP contribution in [0.25, 0.3) is 0 Å². The van der Waals surface area contributed by atoms with Crippen molar-refractivity contribution in [2.45, 2.75) is 26.2 Å². The molecule has 2 nitrogen and oxygen atoms in total. The molecule has 0 saturated heterocycles. The molecule has 0 atom stereocenters. The first-order valence-electron chi connectivity index (χ1n) is 5.48. The summed E-state index contributed by atoms with van der Waals surface area (Å²) in [5, 5.41) is 0. The summed E-state index contributed by atoms with van der Waals surface area (Å²) >= 11 is 0. The van der Waals surface area contributed by atoms with Crippen molar-refractivity contribution >= 4 is 5.97 Å². The number of hydrogen-bond acceptors (Lipinski definition) is 2. The molecule has 0 N–H and O–H groups in total. The fourth-order valence-corrected chi connectivity index (χ4v) is 1.43. The zero-order chi connectivity index (χ0) is 12.0. The van der Waals surface area contributed by atoms with Gasteiger partial charge in [-0.25, -0.2) is 4.79 Å². The van der Waals surface area contributed by atoms with Crippen molar-refractivity contribution in [3.63, 3.8) is 0 Å². The maximum atomic E-state index is 11.2. The van der Waals surface area contributed by atoms with E-state index in [1.54, 1.807) is 6.92 Å². The SMILES string of the molecule is CCOC(=O)/C=C\C(C)(C)c1ccccc1. The highest BCUT2D eigenvalue weighted by Crippen LogP contribution is 2.24. The quantitative estimate of drug-likeness (QED) is 0.573. The van der Waals surface area contributed by atoms with Gasteiger partial charge in [-0.05, 0) is 12.5 Å². The molecule has 0 aliphatic heterocycles. The third kappa shape index (κ3) is 3.54. The van der Waals surface area contributed by atoms with E-state index in [9.17, 15) is 4.79 Å². The second-order valence-corrected chi connectivity index (χ2v) is 4.17. The van der Waals surface area contributed by atoms with Gasteiger partial charge >= 0.3 is 5.97 Å².